The largest absolute Gasteiger partial charge is 0.462 e. The highest BCUT2D eigenvalue weighted by atomic mass is 16.6. The van der Waals surface area contributed by atoms with Crippen molar-refractivity contribution in [3.05, 3.63) is 134 Å². The van der Waals surface area contributed by atoms with E-state index in [9.17, 15) is 14.4 Å². The van der Waals surface area contributed by atoms with Crippen molar-refractivity contribution in [2.75, 3.05) is 13.2 Å². The minimum Gasteiger partial charge on any atom is -0.462 e. The fourth-order valence-corrected chi connectivity index (χ4v) is 6.75. The molecule has 0 spiro atoms. The molecule has 0 rings (SSSR count). The van der Waals surface area contributed by atoms with E-state index in [4.69, 9.17) is 14.2 Å². The average molecular weight is 925 g/mol. The molecule has 0 aromatic carbocycles. The summed E-state index contributed by atoms with van der Waals surface area (Å²) >= 11 is 0. The third kappa shape index (κ3) is 52.4. The van der Waals surface area contributed by atoms with Crippen LogP contribution in [0.25, 0.3) is 0 Å². The summed E-state index contributed by atoms with van der Waals surface area (Å²) in [6.45, 7) is 6.27. The number of rotatable bonds is 46. The standard InChI is InChI=1S/C61H96O6/c1-4-7-10-13-16-19-22-25-28-30-31-32-34-36-39-42-45-48-51-54-60(63)66-57-58(56-65-59(62)53-50-47-44-41-38-35-27-24-21-18-15-12-9-6-3)67-61(64)55-52-49-46-43-40-37-33-29-26-23-20-17-14-11-8-5-2/h7-8,10-11,16-17,19-20,25-26,28-29,31-32,36-37,39-40,45-46,48-49,58H,4-6,9,12-15,18,21-24,27,30,33-35,38,41-44,47,50-57H2,1-3H3/b10-7-,11-8-,19-16-,20-17-,28-25-,29-26-,32-31-,39-36-,40-37-,48-45-,49-46-. The maximum absolute atomic E-state index is 12.8. The summed E-state index contributed by atoms with van der Waals surface area (Å²) in [6, 6.07) is 0. The Morgan fingerprint density at radius 2 is 0.582 bits per heavy atom. The van der Waals surface area contributed by atoms with Crippen LogP contribution in [0.3, 0.4) is 0 Å². The van der Waals surface area contributed by atoms with Crippen LogP contribution in [-0.2, 0) is 28.6 Å². The highest BCUT2D eigenvalue weighted by Gasteiger charge is 2.19. The van der Waals surface area contributed by atoms with Gasteiger partial charge in [0.25, 0.3) is 0 Å². The molecule has 0 aromatic heterocycles. The van der Waals surface area contributed by atoms with Crippen LogP contribution >= 0.6 is 0 Å². The van der Waals surface area contributed by atoms with E-state index in [1.54, 1.807) is 0 Å². The Hall–Kier alpha value is -4.45. The van der Waals surface area contributed by atoms with E-state index in [2.05, 4.69) is 130 Å². The molecular formula is C61H96O6. The monoisotopic (exact) mass is 925 g/mol. The van der Waals surface area contributed by atoms with E-state index in [0.717, 1.165) is 89.9 Å². The molecule has 376 valence electrons. The van der Waals surface area contributed by atoms with Gasteiger partial charge in [0.15, 0.2) is 6.10 Å². The van der Waals surface area contributed by atoms with E-state index >= 15 is 0 Å². The van der Waals surface area contributed by atoms with Crippen LogP contribution in [0.5, 0.6) is 0 Å². The van der Waals surface area contributed by atoms with Crippen LogP contribution in [0.2, 0.25) is 0 Å². The smallest absolute Gasteiger partial charge is 0.306 e. The van der Waals surface area contributed by atoms with Gasteiger partial charge in [0, 0.05) is 19.3 Å². The van der Waals surface area contributed by atoms with Crippen molar-refractivity contribution in [3.8, 4) is 0 Å². The van der Waals surface area contributed by atoms with Crippen LogP contribution < -0.4 is 0 Å². The van der Waals surface area contributed by atoms with E-state index in [1.807, 2.05) is 24.3 Å². The zero-order valence-corrected chi connectivity index (χ0v) is 42.9. The molecule has 0 aliphatic rings. The van der Waals surface area contributed by atoms with Crippen LogP contribution in [0, 0.1) is 0 Å². The second-order valence-electron chi connectivity index (χ2n) is 17.0. The van der Waals surface area contributed by atoms with Crippen molar-refractivity contribution in [2.45, 2.75) is 219 Å². The highest BCUT2D eigenvalue weighted by molar-refractivity contribution is 5.71. The lowest BCUT2D eigenvalue weighted by molar-refractivity contribution is -0.166. The van der Waals surface area contributed by atoms with Crippen LogP contribution in [0.15, 0.2) is 134 Å². The third-order valence-electron chi connectivity index (χ3n) is 10.7. The Labute approximate surface area is 411 Å². The Balaban J connectivity index is 4.62. The Kier molecular flexibility index (Phi) is 50.6. The first-order chi connectivity index (χ1) is 33.0. The number of esters is 3. The molecule has 0 aromatic rings. The van der Waals surface area contributed by atoms with Crippen LogP contribution in [0.1, 0.15) is 213 Å². The first-order valence-electron chi connectivity index (χ1n) is 26.7. The molecule has 0 aliphatic carbocycles. The second kappa shape index (κ2) is 54.2. The molecule has 0 saturated heterocycles. The predicted octanol–water partition coefficient (Wildman–Crippen LogP) is 17.9. The zero-order valence-electron chi connectivity index (χ0n) is 42.9. The lowest BCUT2D eigenvalue weighted by Crippen LogP contribution is -2.30. The predicted molar refractivity (Wildman–Crippen MR) is 288 cm³/mol. The van der Waals surface area contributed by atoms with E-state index < -0.39 is 12.1 Å². The van der Waals surface area contributed by atoms with Crippen LogP contribution in [-0.4, -0.2) is 37.2 Å². The van der Waals surface area contributed by atoms with Gasteiger partial charge in [0.05, 0.1) is 0 Å². The Morgan fingerprint density at radius 1 is 0.313 bits per heavy atom. The molecule has 0 bridgehead atoms. The van der Waals surface area contributed by atoms with Crippen molar-refractivity contribution >= 4 is 17.9 Å². The fraction of sp³-hybridized carbons (Fsp3) is 0.590. The number of carbonyl (C=O) groups is 3. The maximum atomic E-state index is 12.8. The molecule has 0 aliphatic heterocycles. The molecule has 0 amide bonds. The number of hydrogen-bond acceptors (Lipinski definition) is 6. The molecule has 0 saturated carbocycles. The quantitative estimate of drug-likeness (QED) is 0.0262. The average Bonchev–Trinajstić information content (AvgIpc) is 3.33. The number of unbranched alkanes of at least 4 members (excludes halogenated alkanes) is 13. The molecule has 0 N–H and O–H groups in total. The second-order valence-corrected chi connectivity index (χ2v) is 17.0. The first kappa shape index (κ1) is 62.5. The number of ether oxygens (including phenoxy) is 3. The first-order valence-corrected chi connectivity index (χ1v) is 26.7. The van der Waals surface area contributed by atoms with Crippen molar-refractivity contribution in [2.24, 2.45) is 0 Å². The van der Waals surface area contributed by atoms with Gasteiger partial charge in [0.1, 0.15) is 13.2 Å². The zero-order chi connectivity index (χ0) is 48.6. The van der Waals surface area contributed by atoms with Crippen LogP contribution in [0.4, 0.5) is 0 Å². The van der Waals surface area contributed by atoms with Crippen molar-refractivity contribution in [1.29, 1.82) is 0 Å². The minimum atomic E-state index is -0.851. The van der Waals surface area contributed by atoms with Gasteiger partial charge < -0.3 is 14.2 Å². The number of carbonyl (C=O) groups excluding carboxylic acids is 3. The van der Waals surface area contributed by atoms with E-state index in [0.29, 0.717) is 19.3 Å². The lowest BCUT2D eigenvalue weighted by Gasteiger charge is -2.18. The Morgan fingerprint density at radius 3 is 0.910 bits per heavy atom. The van der Waals surface area contributed by atoms with Crippen molar-refractivity contribution < 1.29 is 28.6 Å². The van der Waals surface area contributed by atoms with Gasteiger partial charge in [-0.15, -0.1) is 0 Å². The summed E-state index contributed by atoms with van der Waals surface area (Å²) in [4.78, 5) is 38.0. The van der Waals surface area contributed by atoms with Gasteiger partial charge in [0.2, 0.25) is 0 Å². The Bertz CT molecular complexity index is 1480. The summed E-state index contributed by atoms with van der Waals surface area (Å²) < 4.78 is 16.7. The van der Waals surface area contributed by atoms with Gasteiger partial charge in [-0.1, -0.05) is 238 Å². The third-order valence-corrected chi connectivity index (χ3v) is 10.7. The van der Waals surface area contributed by atoms with Gasteiger partial charge in [-0.05, 0) is 89.9 Å². The summed E-state index contributed by atoms with van der Waals surface area (Å²) in [5.74, 6) is -1.11. The van der Waals surface area contributed by atoms with Gasteiger partial charge in [-0.25, -0.2) is 0 Å². The van der Waals surface area contributed by atoms with Gasteiger partial charge in [-0.2, -0.15) is 0 Å². The maximum Gasteiger partial charge on any atom is 0.306 e. The molecule has 0 heterocycles. The molecule has 0 radical (unpaired) electrons. The normalized spacial score (nSPS) is 13.2. The molecule has 1 unspecified atom stereocenters. The SMILES string of the molecule is CC/C=C\C/C=C\C/C=C\C/C=C\C/C=C\C/C=C\CCC(=O)OCC(COC(=O)CCCCCCCCCCCCCCCC)OC(=O)CC/C=C\C/C=C\C/C=C\C/C=C\C/C=C\CC. The van der Waals surface area contributed by atoms with E-state index in [1.165, 1.54) is 70.6 Å². The highest BCUT2D eigenvalue weighted by Crippen LogP contribution is 2.14. The summed E-state index contributed by atoms with van der Waals surface area (Å²) in [5, 5.41) is 0. The summed E-state index contributed by atoms with van der Waals surface area (Å²) in [5.41, 5.74) is 0. The van der Waals surface area contributed by atoms with Crippen molar-refractivity contribution in [1.82, 2.24) is 0 Å². The molecule has 6 heteroatoms. The number of allylic oxidation sites excluding steroid dienone is 22. The van der Waals surface area contributed by atoms with Crippen molar-refractivity contribution in [3.63, 3.8) is 0 Å². The molecule has 1 atom stereocenters. The fourth-order valence-electron chi connectivity index (χ4n) is 6.75. The lowest BCUT2D eigenvalue weighted by atomic mass is 10.0. The molecule has 0 fully saturated rings. The molecule has 67 heavy (non-hydrogen) atoms. The molecular weight excluding hydrogens is 829 g/mol. The molecule has 6 nitrogen and oxygen atoms in total. The van der Waals surface area contributed by atoms with Gasteiger partial charge >= 0.3 is 17.9 Å². The minimum absolute atomic E-state index is 0.134. The van der Waals surface area contributed by atoms with Gasteiger partial charge in [-0.3, -0.25) is 14.4 Å². The van der Waals surface area contributed by atoms with E-state index in [-0.39, 0.29) is 38.0 Å². The summed E-state index contributed by atoms with van der Waals surface area (Å²) in [6.07, 6.45) is 76.0. The number of hydrogen-bond donors (Lipinski definition) is 0. The topological polar surface area (TPSA) is 78.9 Å². The summed E-state index contributed by atoms with van der Waals surface area (Å²) in [7, 11) is 0.